The molecule has 1 aliphatic heterocycles. The average molecular weight is 298 g/mol. The fourth-order valence-electron chi connectivity index (χ4n) is 3.33. The van der Waals surface area contributed by atoms with E-state index < -0.39 is 6.04 Å². The molecule has 2 unspecified atom stereocenters. The zero-order chi connectivity index (χ0) is 15.3. The SMILES string of the molecule is CC1CC(=O)C2=C(C1)Nc1ncnn1C2c1ccccc1F. The number of hydrogen-bond donors (Lipinski definition) is 1. The van der Waals surface area contributed by atoms with Crippen LogP contribution in [-0.4, -0.2) is 20.5 Å². The van der Waals surface area contributed by atoms with E-state index in [-0.39, 0.29) is 17.5 Å². The van der Waals surface area contributed by atoms with Crippen LogP contribution in [0, 0.1) is 11.7 Å². The highest BCUT2D eigenvalue weighted by Crippen LogP contribution is 2.41. The summed E-state index contributed by atoms with van der Waals surface area (Å²) in [6.45, 7) is 2.04. The Morgan fingerprint density at radius 2 is 2.14 bits per heavy atom. The Morgan fingerprint density at radius 1 is 1.32 bits per heavy atom. The van der Waals surface area contributed by atoms with Gasteiger partial charge in [0.25, 0.3) is 0 Å². The van der Waals surface area contributed by atoms with Crippen molar-refractivity contribution in [3.05, 3.63) is 53.2 Å². The highest BCUT2D eigenvalue weighted by molar-refractivity contribution is 5.99. The van der Waals surface area contributed by atoms with Gasteiger partial charge in [-0.2, -0.15) is 10.1 Å². The molecule has 0 saturated heterocycles. The molecule has 2 heterocycles. The topological polar surface area (TPSA) is 59.8 Å². The molecule has 5 nitrogen and oxygen atoms in total. The lowest BCUT2D eigenvalue weighted by Crippen LogP contribution is -2.33. The van der Waals surface area contributed by atoms with Gasteiger partial charge in [-0.05, 0) is 18.4 Å². The highest BCUT2D eigenvalue weighted by atomic mass is 19.1. The van der Waals surface area contributed by atoms with E-state index in [2.05, 4.69) is 15.4 Å². The number of nitrogens with one attached hydrogen (secondary N) is 1. The van der Waals surface area contributed by atoms with Crippen LogP contribution in [0.2, 0.25) is 0 Å². The smallest absolute Gasteiger partial charge is 0.226 e. The summed E-state index contributed by atoms with van der Waals surface area (Å²) < 4.78 is 15.9. The Kier molecular flexibility index (Phi) is 2.85. The molecule has 0 amide bonds. The van der Waals surface area contributed by atoms with E-state index in [4.69, 9.17) is 0 Å². The Labute approximate surface area is 126 Å². The van der Waals surface area contributed by atoms with E-state index in [1.54, 1.807) is 22.9 Å². The predicted molar refractivity (Wildman–Crippen MR) is 78.6 cm³/mol. The molecule has 1 aliphatic carbocycles. The van der Waals surface area contributed by atoms with E-state index >= 15 is 0 Å². The number of carbonyl (C=O) groups excluding carboxylic acids is 1. The molecule has 0 radical (unpaired) electrons. The maximum absolute atomic E-state index is 14.3. The minimum Gasteiger partial charge on any atom is -0.328 e. The summed E-state index contributed by atoms with van der Waals surface area (Å²) in [7, 11) is 0. The van der Waals surface area contributed by atoms with Crippen molar-refractivity contribution in [3.63, 3.8) is 0 Å². The molecule has 0 saturated carbocycles. The van der Waals surface area contributed by atoms with Crippen LogP contribution >= 0.6 is 0 Å². The van der Waals surface area contributed by atoms with E-state index in [9.17, 15) is 9.18 Å². The molecule has 4 rings (SSSR count). The zero-order valence-corrected chi connectivity index (χ0v) is 12.1. The third-order valence-corrected chi connectivity index (χ3v) is 4.27. The molecule has 0 bridgehead atoms. The average Bonchev–Trinajstić information content (AvgIpc) is 2.93. The monoisotopic (exact) mass is 298 g/mol. The minimum absolute atomic E-state index is 0.0515. The standard InChI is InChI=1S/C16H15FN4O/c1-9-6-12-14(13(22)7-9)15(10-4-2-3-5-11(10)17)21-16(20-12)18-8-19-21/h2-5,8-9,15H,6-7H2,1H3,(H,18,19,20). The number of Topliss-reactive ketones (excluding diaryl/α,β-unsaturated/α-hetero) is 1. The molecule has 1 aromatic heterocycles. The van der Waals surface area contributed by atoms with Crippen LogP contribution in [0.4, 0.5) is 10.3 Å². The molecule has 2 aromatic rings. The van der Waals surface area contributed by atoms with Gasteiger partial charge in [0.1, 0.15) is 18.2 Å². The lowest BCUT2D eigenvalue weighted by Gasteiger charge is -2.34. The van der Waals surface area contributed by atoms with Crippen molar-refractivity contribution in [3.8, 4) is 0 Å². The van der Waals surface area contributed by atoms with Crippen LogP contribution < -0.4 is 5.32 Å². The summed E-state index contributed by atoms with van der Waals surface area (Å²) in [5.41, 5.74) is 1.91. The number of allylic oxidation sites excluding steroid dienone is 2. The predicted octanol–water partition coefficient (Wildman–Crippen LogP) is 2.69. The van der Waals surface area contributed by atoms with Crippen molar-refractivity contribution < 1.29 is 9.18 Å². The summed E-state index contributed by atoms with van der Waals surface area (Å²) in [4.78, 5) is 16.8. The second-order valence-corrected chi connectivity index (χ2v) is 5.91. The summed E-state index contributed by atoms with van der Waals surface area (Å²) in [5.74, 6) is 0.535. The molecule has 0 fully saturated rings. The summed E-state index contributed by atoms with van der Waals surface area (Å²) in [6.07, 6.45) is 2.66. The van der Waals surface area contributed by atoms with Gasteiger partial charge in [0, 0.05) is 23.3 Å². The number of rotatable bonds is 1. The second-order valence-electron chi connectivity index (χ2n) is 5.91. The van der Waals surface area contributed by atoms with Gasteiger partial charge in [-0.25, -0.2) is 9.07 Å². The van der Waals surface area contributed by atoms with Crippen molar-refractivity contribution in [2.45, 2.75) is 25.8 Å². The lowest BCUT2D eigenvalue weighted by molar-refractivity contribution is -0.117. The number of nitrogens with zero attached hydrogens (tertiary/aromatic N) is 3. The van der Waals surface area contributed by atoms with Gasteiger partial charge < -0.3 is 5.32 Å². The maximum Gasteiger partial charge on any atom is 0.226 e. The first-order valence-corrected chi connectivity index (χ1v) is 7.32. The molecular weight excluding hydrogens is 283 g/mol. The molecule has 22 heavy (non-hydrogen) atoms. The third kappa shape index (κ3) is 1.87. The number of fused-ring (bicyclic) bond motifs is 1. The van der Waals surface area contributed by atoms with Gasteiger partial charge in [-0.1, -0.05) is 25.1 Å². The minimum atomic E-state index is -0.546. The normalized spacial score (nSPS) is 23.8. The number of carbonyl (C=O) groups is 1. The largest absolute Gasteiger partial charge is 0.328 e. The van der Waals surface area contributed by atoms with E-state index in [1.165, 1.54) is 12.4 Å². The lowest BCUT2D eigenvalue weighted by atomic mass is 9.81. The molecule has 1 aromatic carbocycles. The number of benzene rings is 1. The van der Waals surface area contributed by atoms with E-state index in [0.29, 0.717) is 23.5 Å². The number of halogens is 1. The fraction of sp³-hybridized carbons (Fsp3) is 0.312. The zero-order valence-electron chi connectivity index (χ0n) is 12.1. The number of aromatic nitrogens is 3. The van der Waals surface area contributed by atoms with E-state index in [0.717, 1.165) is 12.1 Å². The Hall–Kier alpha value is -2.50. The molecule has 2 atom stereocenters. The van der Waals surface area contributed by atoms with Gasteiger partial charge in [-0.15, -0.1) is 0 Å². The first kappa shape index (κ1) is 13.2. The highest BCUT2D eigenvalue weighted by Gasteiger charge is 2.38. The van der Waals surface area contributed by atoms with Crippen molar-refractivity contribution >= 4 is 11.7 Å². The molecule has 2 aliphatic rings. The van der Waals surface area contributed by atoms with Crippen molar-refractivity contribution in [2.75, 3.05) is 5.32 Å². The van der Waals surface area contributed by atoms with Gasteiger partial charge >= 0.3 is 0 Å². The summed E-state index contributed by atoms with van der Waals surface area (Å²) >= 11 is 0. The van der Waals surface area contributed by atoms with Gasteiger partial charge in [0.05, 0.1) is 0 Å². The molecule has 112 valence electrons. The fourth-order valence-corrected chi connectivity index (χ4v) is 3.33. The third-order valence-electron chi connectivity index (χ3n) is 4.27. The van der Waals surface area contributed by atoms with E-state index in [1.807, 2.05) is 6.92 Å². The summed E-state index contributed by atoms with van der Waals surface area (Å²) in [6, 6.07) is 5.97. The Balaban J connectivity index is 1.94. The van der Waals surface area contributed by atoms with Crippen molar-refractivity contribution in [1.82, 2.24) is 14.8 Å². The Morgan fingerprint density at radius 3 is 2.95 bits per heavy atom. The van der Waals surface area contributed by atoms with Crippen LogP contribution in [0.25, 0.3) is 0 Å². The quantitative estimate of drug-likeness (QED) is 0.879. The first-order valence-electron chi connectivity index (χ1n) is 7.32. The molecule has 0 spiro atoms. The van der Waals surface area contributed by atoms with Crippen LogP contribution in [0.3, 0.4) is 0 Å². The molecule has 6 heteroatoms. The van der Waals surface area contributed by atoms with Crippen molar-refractivity contribution in [1.29, 1.82) is 0 Å². The number of hydrogen-bond acceptors (Lipinski definition) is 4. The molecule has 1 N–H and O–H groups in total. The summed E-state index contributed by atoms with van der Waals surface area (Å²) in [5, 5.41) is 7.37. The number of anilines is 1. The van der Waals surface area contributed by atoms with Gasteiger partial charge in [0.15, 0.2) is 5.78 Å². The van der Waals surface area contributed by atoms with Gasteiger partial charge in [-0.3, -0.25) is 4.79 Å². The second kappa shape index (κ2) is 4.76. The van der Waals surface area contributed by atoms with Crippen LogP contribution in [0.1, 0.15) is 31.4 Å². The van der Waals surface area contributed by atoms with Gasteiger partial charge in [0.2, 0.25) is 5.95 Å². The van der Waals surface area contributed by atoms with Crippen LogP contribution in [0.15, 0.2) is 41.9 Å². The molecular formula is C16H15FN4O. The number of ketones is 1. The van der Waals surface area contributed by atoms with Crippen LogP contribution in [-0.2, 0) is 4.79 Å². The van der Waals surface area contributed by atoms with Crippen LogP contribution in [0.5, 0.6) is 0 Å². The van der Waals surface area contributed by atoms with Crippen molar-refractivity contribution in [2.24, 2.45) is 5.92 Å². The Bertz CT molecular complexity index is 795. The maximum atomic E-state index is 14.3. The first-order chi connectivity index (χ1) is 10.6.